The maximum Gasteiger partial charge on any atom is 0.221 e. The molecule has 0 spiro atoms. The number of ether oxygens (including phenoxy) is 3. The molecule has 0 aliphatic carbocycles. The summed E-state index contributed by atoms with van der Waals surface area (Å²) in [6.45, 7) is 1.84. The fourth-order valence-electron chi connectivity index (χ4n) is 4.19. The van der Waals surface area contributed by atoms with Crippen molar-refractivity contribution in [2.24, 2.45) is 0 Å². The lowest BCUT2D eigenvalue weighted by Crippen LogP contribution is -2.04. The number of rotatable bonds is 8. The summed E-state index contributed by atoms with van der Waals surface area (Å²) in [5.74, 6) is 2.85. The Morgan fingerprint density at radius 1 is 0.733 bits per heavy atom. The van der Waals surface area contributed by atoms with E-state index in [0.717, 1.165) is 48.4 Å². The van der Waals surface area contributed by atoms with Gasteiger partial charge in [-0.05, 0) is 48.5 Å². The number of benzene rings is 2. The number of alkyl halides is 1. The Morgan fingerprint density at radius 3 is 1.78 bits per heavy atom. The number of anilines is 2. The third-order valence-corrected chi connectivity index (χ3v) is 7.36. The van der Waals surface area contributed by atoms with Crippen LogP contribution in [0.2, 0.25) is 0 Å². The number of phenolic OH excluding ortho intramolecular Hbond substituents is 1. The summed E-state index contributed by atoms with van der Waals surface area (Å²) in [4.78, 5) is 16.2. The van der Waals surface area contributed by atoms with Gasteiger partial charge in [0.25, 0.3) is 0 Å². The molecule has 0 saturated heterocycles. The monoisotopic (exact) mass is 804 g/mol. The number of methoxy groups -OCH3 is 2. The van der Waals surface area contributed by atoms with Crippen LogP contribution in [0.25, 0.3) is 33.4 Å². The number of hydrogen-bond acceptors (Lipinski definition) is 10. The molecule has 4 aromatic heterocycles. The standard InChI is InChI=1S/C15H15BrN4O2.C12H9BrN4O.C3H7BrO/c1-21-6-7-22-13-9-10(16)8-12-11(13)3-5-20(12)14-2-4-18-15(17)19-14;13-7-5-9-8(10(18)6-7)2-4-17(9)11-1-3-15-12(14)16-11;1-5-3-2-4/h2-5,8-9H,6-7H2,1H3,(H2,17,18,19);1-6,18H,(H2,14,15,16);2-3H2,1H3. The van der Waals surface area contributed by atoms with Crippen molar-refractivity contribution in [1.82, 2.24) is 29.1 Å². The van der Waals surface area contributed by atoms with Crippen LogP contribution >= 0.6 is 47.8 Å². The van der Waals surface area contributed by atoms with Crippen LogP contribution in [-0.2, 0) is 9.47 Å². The highest BCUT2D eigenvalue weighted by Gasteiger charge is 2.12. The summed E-state index contributed by atoms with van der Waals surface area (Å²) in [6.07, 6.45) is 7.00. The van der Waals surface area contributed by atoms with Gasteiger partial charge in [-0.3, -0.25) is 0 Å². The van der Waals surface area contributed by atoms with E-state index in [1.807, 2.05) is 57.9 Å². The van der Waals surface area contributed by atoms with E-state index < -0.39 is 0 Å². The molecule has 0 unspecified atom stereocenters. The van der Waals surface area contributed by atoms with E-state index in [1.165, 1.54) is 0 Å². The first kappa shape index (κ1) is 34.1. The second kappa shape index (κ2) is 16.5. The van der Waals surface area contributed by atoms with E-state index in [1.54, 1.807) is 38.7 Å². The highest BCUT2D eigenvalue weighted by Crippen LogP contribution is 2.33. The summed E-state index contributed by atoms with van der Waals surface area (Å²) in [7, 11) is 3.33. The van der Waals surface area contributed by atoms with Gasteiger partial charge in [-0.15, -0.1) is 0 Å². The fraction of sp³-hybridized carbons (Fsp3) is 0.200. The quantitative estimate of drug-likeness (QED) is 0.118. The van der Waals surface area contributed by atoms with Crippen LogP contribution in [-0.4, -0.2) is 73.5 Å². The molecule has 0 saturated carbocycles. The van der Waals surface area contributed by atoms with Crippen LogP contribution < -0.4 is 16.2 Å². The topological polar surface area (TPSA) is 161 Å². The zero-order chi connectivity index (χ0) is 32.3. The molecule has 0 amide bonds. The highest BCUT2D eigenvalue weighted by molar-refractivity contribution is 9.10. The van der Waals surface area contributed by atoms with Gasteiger partial charge in [0.1, 0.15) is 29.7 Å². The average molecular weight is 807 g/mol. The van der Waals surface area contributed by atoms with E-state index in [4.69, 9.17) is 20.9 Å². The Hall–Kier alpha value is -3.76. The summed E-state index contributed by atoms with van der Waals surface area (Å²) >= 11 is 10.1. The Labute approximate surface area is 284 Å². The average Bonchev–Trinajstić information content (AvgIpc) is 3.63. The van der Waals surface area contributed by atoms with Gasteiger partial charge in [-0.2, -0.15) is 9.97 Å². The van der Waals surface area contributed by atoms with Crippen LogP contribution in [0.5, 0.6) is 11.5 Å². The first-order valence-corrected chi connectivity index (χ1v) is 16.1. The minimum atomic E-state index is 0.216. The Bertz CT molecular complexity index is 1860. The second-order valence-electron chi connectivity index (χ2n) is 9.14. The third kappa shape index (κ3) is 8.92. The molecule has 6 rings (SSSR count). The molecule has 236 valence electrons. The van der Waals surface area contributed by atoms with Gasteiger partial charge < -0.3 is 39.9 Å². The number of hydrogen-bond donors (Lipinski definition) is 3. The third-order valence-electron chi connectivity index (χ3n) is 6.12. The summed E-state index contributed by atoms with van der Waals surface area (Å²) in [5.41, 5.74) is 13.1. The smallest absolute Gasteiger partial charge is 0.221 e. The number of aromatic nitrogens is 6. The molecule has 2 aromatic carbocycles. The first-order valence-electron chi connectivity index (χ1n) is 13.4. The zero-order valence-electron chi connectivity index (χ0n) is 24.4. The van der Waals surface area contributed by atoms with Crippen LogP contribution in [0.1, 0.15) is 0 Å². The molecule has 0 atom stereocenters. The van der Waals surface area contributed by atoms with Gasteiger partial charge in [0, 0.05) is 64.1 Å². The zero-order valence-corrected chi connectivity index (χ0v) is 29.2. The Balaban J connectivity index is 0.000000181. The van der Waals surface area contributed by atoms with Gasteiger partial charge in [-0.1, -0.05) is 47.8 Å². The van der Waals surface area contributed by atoms with Gasteiger partial charge in [0.2, 0.25) is 11.9 Å². The Kier molecular flexibility index (Phi) is 12.5. The number of phenols is 1. The van der Waals surface area contributed by atoms with Crippen LogP contribution in [0.3, 0.4) is 0 Å². The maximum atomic E-state index is 9.87. The van der Waals surface area contributed by atoms with Gasteiger partial charge in [0.15, 0.2) is 0 Å². The normalized spacial score (nSPS) is 10.7. The predicted molar refractivity (Wildman–Crippen MR) is 187 cm³/mol. The fourth-order valence-corrected chi connectivity index (χ4v) is 5.37. The van der Waals surface area contributed by atoms with Gasteiger partial charge in [-0.25, -0.2) is 9.97 Å². The van der Waals surface area contributed by atoms with E-state index in [9.17, 15) is 5.11 Å². The number of nitrogens with zero attached hydrogens (tertiary/aromatic N) is 6. The first-order chi connectivity index (χ1) is 21.7. The molecule has 6 aromatic rings. The minimum absolute atomic E-state index is 0.216. The van der Waals surface area contributed by atoms with E-state index >= 15 is 0 Å². The summed E-state index contributed by atoms with van der Waals surface area (Å²) in [6, 6.07) is 14.9. The predicted octanol–water partition coefficient (Wildman–Crippen LogP) is 6.29. The molecule has 15 heteroatoms. The molecule has 45 heavy (non-hydrogen) atoms. The van der Waals surface area contributed by atoms with E-state index in [2.05, 4.69) is 72.5 Å². The molecule has 0 bridgehead atoms. The van der Waals surface area contributed by atoms with Crippen molar-refractivity contribution < 1.29 is 19.3 Å². The van der Waals surface area contributed by atoms with Crippen molar-refractivity contribution in [2.45, 2.75) is 0 Å². The molecule has 5 N–H and O–H groups in total. The highest BCUT2D eigenvalue weighted by atomic mass is 79.9. The minimum Gasteiger partial charge on any atom is -0.507 e. The van der Waals surface area contributed by atoms with Crippen molar-refractivity contribution in [3.8, 4) is 23.1 Å². The van der Waals surface area contributed by atoms with Crippen molar-refractivity contribution in [3.63, 3.8) is 0 Å². The molecule has 12 nitrogen and oxygen atoms in total. The number of halogens is 3. The number of fused-ring (bicyclic) bond motifs is 2. The summed E-state index contributed by atoms with van der Waals surface area (Å²) < 4.78 is 21.0. The van der Waals surface area contributed by atoms with Gasteiger partial charge in [0.05, 0.1) is 24.2 Å². The summed E-state index contributed by atoms with van der Waals surface area (Å²) in [5, 5.41) is 12.6. The molecular weight excluding hydrogens is 776 g/mol. The lowest BCUT2D eigenvalue weighted by atomic mass is 10.2. The molecule has 0 radical (unpaired) electrons. The molecule has 0 aliphatic rings. The van der Waals surface area contributed by atoms with Crippen LogP contribution in [0.15, 0.2) is 82.3 Å². The van der Waals surface area contributed by atoms with Crippen molar-refractivity contribution >= 4 is 81.5 Å². The molecule has 4 heterocycles. The SMILES string of the molecule is COCCBr.COCCOc1cc(Br)cc2c1ccn2-c1ccnc(N)n1.Nc1nccc(-n2ccc3c(O)cc(Br)cc32)n1. The largest absolute Gasteiger partial charge is 0.507 e. The number of nitrogens with two attached hydrogens (primary N) is 2. The lowest BCUT2D eigenvalue weighted by molar-refractivity contribution is 0.147. The number of nitrogen functional groups attached to an aromatic ring is 2. The van der Waals surface area contributed by atoms with Crippen molar-refractivity contribution in [3.05, 3.63) is 82.3 Å². The molecule has 0 aliphatic heterocycles. The molecular formula is C30H31Br3N8O4. The van der Waals surface area contributed by atoms with E-state index in [0.29, 0.717) is 24.8 Å². The van der Waals surface area contributed by atoms with Gasteiger partial charge >= 0.3 is 0 Å². The maximum absolute atomic E-state index is 9.87. The molecule has 0 fully saturated rings. The van der Waals surface area contributed by atoms with E-state index in [-0.39, 0.29) is 17.6 Å². The Morgan fingerprint density at radius 2 is 1.27 bits per heavy atom. The van der Waals surface area contributed by atoms with Crippen molar-refractivity contribution in [2.75, 3.05) is 50.8 Å². The lowest BCUT2D eigenvalue weighted by Gasteiger charge is -2.09. The number of aromatic hydroxyl groups is 1. The van der Waals surface area contributed by atoms with Crippen LogP contribution in [0, 0.1) is 0 Å². The van der Waals surface area contributed by atoms with Crippen LogP contribution in [0.4, 0.5) is 11.9 Å². The second-order valence-corrected chi connectivity index (χ2v) is 11.8. The van der Waals surface area contributed by atoms with Crippen molar-refractivity contribution in [1.29, 1.82) is 0 Å².